The number of nitrogen functional groups attached to an aromatic ring is 1. The molecule has 29 heavy (non-hydrogen) atoms. The predicted molar refractivity (Wildman–Crippen MR) is 104 cm³/mol. The second-order valence-electron chi connectivity index (χ2n) is 6.78. The highest BCUT2D eigenvalue weighted by Gasteiger charge is 2.35. The third kappa shape index (κ3) is 3.24. The quantitative estimate of drug-likeness (QED) is 0.726. The van der Waals surface area contributed by atoms with E-state index in [0.717, 1.165) is 0 Å². The van der Waals surface area contributed by atoms with Crippen LogP contribution < -0.4 is 10.5 Å². The highest BCUT2D eigenvalue weighted by atomic mass is 19.1. The Bertz CT molecular complexity index is 1120. The summed E-state index contributed by atoms with van der Waals surface area (Å²) in [6.07, 6.45) is 1.95. The van der Waals surface area contributed by atoms with Crippen molar-refractivity contribution in [1.82, 2.24) is 24.8 Å². The summed E-state index contributed by atoms with van der Waals surface area (Å²) in [7, 11) is 3.20. The number of ether oxygens (including phenoxy) is 1. The van der Waals surface area contributed by atoms with Crippen LogP contribution in [0.3, 0.4) is 0 Å². The number of rotatable bonds is 3. The van der Waals surface area contributed by atoms with Crippen LogP contribution in [0.15, 0.2) is 30.5 Å². The number of nitrogens with two attached hydrogens (primary N) is 1. The number of amides is 1. The van der Waals surface area contributed by atoms with E-state index in [1.807, 2.05) is 0 Å². The molecule has 8 nitrogen and oxygen atoms in total. The molecule has 1 atom stereocenters. The summed E-state index contributed by atoms with van der Waals surface area (Å²) in [5.74, 6) is 0.148. The Kier molecular flexibility index (Phi) is 4.57. The zero-order chi connectivity index (χ0) is 20.7. The maximum absolute atomic E-state index is 14.1. The van der Waals surface area contributed by atoms with Gasteiger partial charge in [0.1, 0.15) is 5.82 Å². The first kappa shape index (κ1) is 18.7. The lowest BCUT2D eigenvalue weighted by molar-refractivity contribution is 0.0701. The Hall–Kier alpha value is -3.62. The monoisotopic (exact) mass is 394 g/mol. The van der Waals surface area contributed by atoms with Gasteiger partial charge >= 0.3 is 0 Å². The highest BCUT2D eigenvalue weighted by molar-refractivity contribution is 5.97. The lowest BCUT2D eigenvalue weighted by Crippen LogP contribution is -2.39. The summed E-state index contributed by atoms with van der Waals surface area (Å²) in [5, 5.41) is 0. The number of methoxy groups -OCH3 is 1. The molecular formula is C20H19FN6O2. The van der Waals surface area contributed by atoms with E-state index in [1.165, 1.54) is 25.4 Å². The summed E-state index contributed by atoms with van der Waals surface area (Å²) in [6, 6.07) is 5.57. The lowest BCUT2D eigenvalue weighted by Gasteiger charge is -2.35. The van der Waals surface area contributed by atoms with E-state index in [2.05, 4.69) is 19.9 Å². The first-order chi connectivity index (χ1) is 13.9. The molecule has 3 heterocycles. The van der Waals surface area contributed by atoms with Crippen LogP contribution in [0.5, 0.6) is 5.88 Å². The van der Waals surface area contributed by atoms with Gasteiger partial charge in [0.25, 0.3) is 5.91 Å². The third-order valence-corrected chi connectivity index (χ3v) is 5.02. The van der Waals surface area contributed by atoms with Crippen LogP contribution in [-0.4, -0.2) is 44.9 Å². The number of benzene rings is 1. The zero-order valence-electron chi connectivity index (χ0n) is 16.2. The molecule has 1 unspecified atom stereocenters. The van der Waals surface area contributed by atoms with Gasteiger partial charge in [-0.15, -0.1) is 0 Å². The maximum atomic E-state index is 14.1. The molecule has 0 radical (unpaired) electrons. The first-order valence-corrected chi connectivity index (χ1v) is 8.96. The summed E-state index contributed by atoms with van der Waals surface area (Å²) < 4.78 is 19.3. The molecule has 0 saturated carbocycles. The Morgan fingerprint density at radius 3 is 2.79 bits per heavy atom. The summed E-state index contributed by atoms with van der Waals surface area (Å²) in [6.45, 7) is 1.73. The number of likely N-dealkylation sites (N-methyl/N-ethyl adjacent to an activating group) is 1. The van der Waals surface area contributed by atoms with Gasteiger partial charge in [0.2, 0.25) is 11.8 Å². The normalized spacial score (nSPS) is 15.9. The van der Waals surface area contributed by atoms with Crippen LogP contribution in [0, 0.1) is 12.7 Å². The number of nitrogens with zero attached hydrogens (tertiary/aromatic N) is 5. The van der Waals surface area contributed by atoms with Gasteiger partial charge in [0.15, 0.2) is 5.82 Å². The molecule has 1 aliphatic rings. The molecule has 1 aliphatic heterocycles. The van der Waals surface area contributed by atoms with Crippen LogP contribution >= 0.6 is 0 Å². The van der Waals surface area contributed by atoms with E-state index < -0.39 is 11.9 Å². The number of aryl methyl sites for hydroxylation is 1. The second-order valence-corrected chi connectivity index (χ2v) is 6.78. The molecule has 0 bridgehead atoms. The number of carbonyl (C=O) groups excluding carboxylic acids is 1. The molecule has 148 valence electrons. The number of fused-ring (bicyclic) bond motifs is 1. The molecule has 3 aromatic rings. The molecule has 1 aromatic carbocycles. The minimum atomic E-state index is -0.428. The second kappa shape index (κ2) is 7.08. The molecule has 0 spiro atoms. The molecule has 0 fully saturated rings. The zero-order valence-corrected chi connectivity index (χ0v) is 16.2. The molecular weight excluding hydrogens is 375 g/mol. The average molecular weight is 394 g/mol. The van der Waals surface area contributed by atoms with Crippen LogP contribution in [0.1, 0.15) is 33.4 Å². The number of anilines is 1. The van der Waals surface area contributed by atoms with Gasteiger partial charge in [0.05, 0.1) is 30.1 Å². The Morgan fingerprint density at radius 1 is 1.24 bits per heavy atom. The number of hydrogen-bond donors (Lipinski definition) is 1. The Morgan fingerprint density at radius 2 is 2.03 bits per heavy atom. The third-order valence-electron chi connectivity index (χ3n) is 5.02. The van der Waals surface area contributed by atoms with Crippen molar-refractivity contribution in [2.24, 2.45) is 0 Å². The molecule has 0 saturated heterocycles. The number of halogens is 1. The van der Waals surface area contributed by atoms with Gasteiger partial charge < -0.3 is 15.4 Å². The fourth-order valence-electron chi connectivity index (χ4n) is 3.64. The van der Waals surface area contributed by atoms with Crippen molar-refractivity contribution >= 4 is 11.9 Å². The molecule has 4 rings (SSSR count). The van der Waals surface area contributed by atoms with Crippen molar-refractivity contribution in [1.29, 1.82) is 0 Å². The Labute approximate surface area is 166 Å². The van der Waals surface area contributed by atoms with Crippen LogP contribution in [0.2, 0.25) is 0 Å². The van der Waals surface area contributed by atoms with Crippen molar-refractivity contribution < 1.29 is 13.9 Å². The molecule has 9 heteroatoms. The number of carbonyl (C=O) groups is 1. The van der Waals surface area contributed by atoms with E-state index in [9.17, 15) is 9.18 Å². The van der Waals surface area contributed by atoms with Crippen LogP contribution in [0.25, 0.3) is 11.4 Å². The van der Waals surface area contributed by atoms with Gasteiger partial charge in [-0.3, -0.25) is 4.79 Å². The van der Waals surface area contributed by atoms with E-state index >= 15 is 0 Å². The Balaban J connectivity index is 1.86. The van der Waals surface area contributed by atoms with E-state index in [-0.39, 0.29) is 11.9 Å². The minimum absolute atomic E-state index is 0.118. The molecule has 2 aromatic heterocycles. The largest absolute Gasteiger partial charge is 0.481 e. The lowest BCUT2D eigenvalue weighted by atomic mass is 9.89. The fraction of sp³-hybridized carbons (Fsp3) is 0.250. The number of hydrogen-bond acceptors (Lipinski definition) is 7. The van der Waals surface area contributed by atoms with Gasteiger partial charge in [-0.2, -0.15) is 4.98 Å². The standard InChI is InChI=1S/C20H19FN6O2/c1-10-17-14(25-20(22)24-10)9-15(27(2)19(17)28)12-5-4-11(21)8-13(12)18-23-7-6-16(26-18)29-3/h4-8,15H,9H2,1-3H3,(H2,22,24,25). The van der Waals surface area contributed by atoms with Crippen molar-refractivity contribution in [3.63, 3.8) is 0 Å². The van der Waals surface area contributed by atoms with E-state index in [0.29, 0.717) is 46.2 Å². The van der Waals surface area contributed by atoms with E-state index in [4.69, 9.17) is 10.5 Å². The topological polar surface area (TPSA) is 107 Å². The predicted octanol–water partition coefficient (Wildman–Crippen LogP) is 2.34. The minimum Gasteiger partial charge on any atom is -0.481 e. The van der Waals surface area contributed by atoms with Crippen LogP contribution in [-0.2, 0) is 6.42 Å². The summed E-state index contributed by atoms with van der Waals surface area (Å²) >= 11 is 0. The van der Waals surface area contributed by atoms with Crippen molar-refractivity contribution in [3.8, 4) is 17.3 Å². The van der Waals surface area contributed by atoms with Gasteiger partial charge in [0, 0.05) is 31.3 Å². The highest BCUT2D eigenvalue weighted by Crippen LogP contribution is 2.37. The fourth-order valence-corrected chi connectivity index (χ4v) is 3.64. The smallest absolute Gasteiger partial charge is 0.257 e. The van der Waals surface area contributed by atoms with Crippen molar-refractivity contribution in [2.45, 2.75) is 19.4 Å². The first-order valence-electron chi connectivity index (χ1n) is 8.96. The van der Waals surface area contributed by atoms with Crippen molar-refractivity contribution in [3.05, 3.63) is 58.8 Å². The molecule has 2 N–H and O–H groups in total. The molecule has 0 aliphatic carbocycles. The maximum Gasteiger partial charge on any atom is 0.257 e. The average Bonchev–Trinajstić information content (AvgIpc) is 2.70. The van der Waals surface area contributed by atoms with Crippen molar-refractivity contribution in [2.75, 3.05) is 19.9 Å². The van der Waals surface area contributed by atoms with Gasteiger partial charge in [-0.25, -0.2) is 19.3 Å². The van der Waals surface area contributed by atoms with E-state index in [1.54, 1.807) is 31.0 Å². The number of aromatic nitrogens is 4. The van der Waals surface area contributed by atoms with Gasteiger partial charge in [-0.1, -0.05) is 6.07 Å². The molecule has 1 amide bonds. The van der Waals surface area contributed by atoms with Crippen LogP contribution in [0.4, 0.5) is 10.3 Å². The SMILES string of the molecule is COc1ccnc(-c2cc(F)ccc2C2Cc3nc(N)nc(C)c3C(=O)N2C)n1. The summed E-state index contributed by atoms with van der Waals surface area (Å²) in [5.41, 5.74) is 8.55. The summed E-state index contributed by atoms with van der Waals surface area (Å²) in [4.78, 5) is 31.6. The van der Waals surface area contributed by atoms with Gasteiger partial charge in [-0.05, 0) is 24.6 Å².